The van der Waals surface area contributed by atoms with Gasteiger partial charge < -0.3 is 0 Å². The lowest BCUT2D eigenvalue weighted by atomic mass is 9.60. The monoisotopic (exact) mass is 1080 g/mol. The van der Waals surface area contributed by atoms with Gasteiger partial charge in [-0.1, -0.05) is 212 Å². The average Bonchev–Trinajstić information content (AvgIpc) is 1.73. The Balaban J connectivity index is 0.936. The molecule has 8 unspecified atom stereocenters. The molecule has 0 spiro atoms. The smallest absolute Gasteiger partial charge is 0.0164 e. The summed E-state index contributed by atoms with van der Waals surface area (Å²) in [4.78, 5) is 0. The van der Waals surface area contributed by atoms with Gasteiger partial charge in [0.1, 0.15) is 0 Å². The summed E-state index contributed by atoms with van der Waals surface area (Å²) in [5.74, 6) is 2.73. The molecule has 0 aliphatic heterocycles. The molecule has 84 heavy (non-hydrogen) atoms. The fourth-order valence-corrected chi connectivity index (χ4v) is 17.9. The van der Waals surface area contributed by atoms with Crippen LogP contribution < -0.4 is 0 Å². The number of hydrogen-bond donors (Lipinski definition) is 0. The van der Waals surface area contributed by atoms with Crippen molar-refractivity contribution in [2.45, 2.75) is 95.8 Å². The summed E-state index contributed by atoms with van der Waals surface area (Å²) in [6.07, 6.45) is 67.3. The molecular weight excluding hydrogens is 1010 g/mol. The fourth-order valence-electron chi connectivity index (χ4n) is 17.9. The largest absolute Gasteiger partial charge is 0.0882 e. The molecule has 0 bridgehead atoms. The predicted octanol–water partition coefficient (Wildman–Crippen LogP) is 21.5. The first kappa shape index (κ1) is 50.5. The second-order valence-corrected chi connectivity index (χ2v) is 26.2. The Morgan fingerprint density at radius 1 is 0.452 bits per heavy atom. The highest BCUT2D eigenvalue weighted by Gasteiger charge is 2.54. The van der Waals surface area contributed by atoms with Crippen molar-refractivity contribution in [3.63, 3.8) is 0 Å². The van der Waals surface area contributed by atoms with E-state index in [4.69, 9.17) is 0 Å². The molecule has 5 aromatic carbocycles. The quantitative estimate of drug-likeness (QED) is 0.127. The number of allylic oxidation sites excluding steroid dienone is 30. The van der Waals surface area contributed by atoms with Gasteiger partial charge in [0.15, 0.2) is 0 Å². The third kappa shape index (κ3) is 8.44. The Morgan fingerprint density at radius 2 is 1.20 bits per heavy atom. The highest BCUT2D eigenvalue weighted by molar-refractivity contribution is 6.06. The van der Waals surface area contributed by atoms with Crippen molar-refractivity contribution in [3.8, 4) is 22.3 Å². The second-order valence-electron chi connectivity index (χ2n) is 26.2. The third-order valence-corrected chi connectivity index (χ3v) is 21.5. The zero-order chi connectivity index (χ0) is 55.2. The van der Waals surface area contributed by atoms with Gasteiger partial charge in [0, 0.05) is 29.6 Å². The van der Waals surface area contributed by atoms with Crippen LogP contribution in [0.3, 0.4) is 0 Å². The van der Waals surface area contributed by atoms with E-state index in [0.29, 0.717) is 17.8 Å². The number of fused-ring (bicyclic) bond motifs is 8. The fraction of sp³-hybridized carbons (Fsp3) is 0.262. The van der Waals surface area contributed by atoms with E-state index in [0.717, 1.165) is 51.4 Å². The summed E-state index contributed by atoms with van der Waals surface area (Å²) in [6, 6.07) is 42.6. The second kappa shape index (κ2) is 20.9. The SMILES string of the molecule is C1=CC2C(C3=CC(C4C=CCCC4)=CC(C4C=CCCC4)C3)=CC=C3C2C(=C1)C1=C(c2cc(C4=CCCC=C4)cc(-c4ccccc4)c2)c2c(cc4c5c2CCC=C5c2ccccc2-4)C(C2C=C(C4=CCCC=C4)C=C(c4ccccc4)C2)C31. The van der Waals surface area contributed by atoms with Gasteiger partial charge >= 0.3 is 0 Å². The van der Waals surface area contributed by atoms with Crippen molar-refractivity contribution in [2.24, 2.45) is 41.4 Å². The molecule has 17 rings (SSSR count). The van der Waals surface area contributed by atoms with Gasteiger partial charge in [0.2, 0.25) is 0 Å². The van der Waals surface area contributed by atoms with Crippen molar-refractivity contribution in [1.82, 2.24) is 0 Å². The molecule has 12 aliphatic carbocycles. The summed E-state index contributed by atoms with van der Waals surface area (Å²) < 4.78 is 0. The van der Waals surface area contributed by atoms with E-state index in [-0.39, 0.29) is 29.6 Å². The number of hydrogen-bond acceptors (Lipinski definition) is 0. The van der Waals surface area contributed by atoms with Gasteiger partial charge in [0.05, 0.1) is 0 Å². The molecule has 1 saturated carbocycles. The molecule has 8 atom stereocenters. The van der Waals surface area contributed by atoms with Crippen LogP contribution in [0.1, 0.15) is 134 Å². The van der Waals surface area contributed by atoms with Crippen LogP contribution in [-0.2, 0) is 6.42 Å². The summed E-state index contributed by atoms with van der Waals surface area (Å²) in [5, 5.41) is 0. The molecule has 0 N–H and O–H groups in total. The van der Waals surface area contributed by atoms with Crippen LogP contribution >= 0.6 is 0 Å². The molecule has 12 aliphatic rings. The van der Waals surface area contributed by atoms with Gasteiger partial charge in [-0.15, -0.1) is 0 Å². The highest BCUT2D eigenvalue weighted by atomic mass is 14.6. The van der Waals surface area contributed by atoms with Gasteiger partial charge in [0.25, 0.3) is 0 Å². The van der Waals surface area contributed by atoms with Crippen molar-refractivity contribution >= 4 is 22.3 Å². The summed E-state index contributed by atoms with van der Waals surface area (Å²) in [6.45, 7) is 0. The molecule has 410 valence electrons. The van der Waals surface area contributed by atoms with Gasteiger partial charge in [-0.3, -0.25) is 0 Å². The van der Waals surface area contributed by atoms with E-state index in [9.17, 15) is 0 Å². The average molecular weight is 1080 g/mol. The topological polar surface area (TPSA) is 0 Å². The van der Waals surface area contributed by atoms with Crippen molar-refractivity contribution in [2.75, 3.05) is 0 Å². The zero-order valence-corrected chi connectivity index (χ0v) is 48.5. The van der Waals surface area contributed by atoms with Crippen LogP contribution in [0.25, 0.3) is 44.5 Å². The Hall–Kier alpha value is -8.06. The lowest BCUT2D eigenvalue weighted by Gasteiger charge is -2.42. The molecule has 0 heterocycles. The third-order valence-electron chi connectivity index (χ3n) is 21.5. The number of rotatable bonds is 9. The maximum atomic E-state index is 2.78. The minimum absolute atomic E-state index is 0.166. The zero-order valence-electron chi connectivity index (χ0n) is 48.5. The Bertz CT molecular complexity index is 4140. The van der Waals surface area contributed by atoms with Gasteiger partial charge in [-0.05, 0) is 260 Å². The summed E-state index contributed by atoms with van der Waals surface area (Å²) in [7, 11) is 0. The molecule has 5 aromatic rings. The Labute approximate surface area is 498 Å². The molecular formula is C84H74. The molecule has 1 fully saturated rings. The first-order chi connectivity index (χ1) is 41.7. The standard InChI is InChI=1S/C84H74/c1-7-23-53(24-8-1)59-43-60(54-25-9-2-10-26-54)47-65(46-59)68-41-42-75-80-71(68)37-21-40-74(80)84-79(67-50-63(57-31-15-5-16-32-57)45-64(51-67)58-33-17-6-18-34-58)82-73-39-22-38-72-69-35-19-20-36-70(69)76(81(72)73)52-77(82)78(83(75)84)66-48-61(55-27-11-3-12-28-55)44-62(49-66)56-29-13-4-14-30-56/h3,5,7,9,11-13,15-17,19-21,23,25,27-38,40-46,49-54,60,66,71,78,80,83H,1-2,4,6,8,10,14,18,22,24,26,39,47-48H2. The minimum Gasteiger partial charge on any atom is -0.0882 e. The van der Waals surface area contributed by atoms with E-state index < -0.39 is 0 Å². The van der Waals surface area contributed by atoms with E-state index in [1.807, 2.05) is 0 Å². The van der Waals surface area contributed by atoms with Crippen LogP contribution in [-0.4, -0.2) is 0 Å². The molecule has 0 heteroatoms. The molecule has 0 amide bonds. The summed E-state index contributed by atoms with van der Waals surface area (Å²) in [5.41, 5.74) is 35.0. The van der Waals surface area contributed by atoms with E-state index in [1.165, 1.54) is 128 Å². The first-order valence-corrected chi connectivity index (χ1v) is 32.4. The first-order valence-electron chi connectivity index (χ1n) is 32.4. The maximum Gasteiger partial charge on any atom is 0.0164 e. The number of benzene rings is 5. The van der Waals surface area contributed by atoms with Crippen LogP contribution in [0.15, 0.2) is 275 Å². The molecule has 0 nitrogen and oxygen atoms in total. The maximum absolute atomic E-state index is 2.78. The van der Waals surface area contributed by atoms with E-state index >= 15 is 0 Å². The van der Waals surface area contributed by atoms with E-state index in [1.54, 1.807) is 44.6 Å². The van der Waals surface area contributed by atoms with Gasteiger partial charge in [-0.25, -0.2) is 0 Å². The lowest BCUT2D eigenvalue weighted by molar-refractivity contribution is 0.405. The van der Waals surface area contributed by atoms with Crippen molar-refractivity contribution in [1.29, 1.82) is 0 Å². The van der Waals surface area contributed by atoms with Crippen LogP contribution in [0, 0.1) is 41.4 Å². The van der Waals surface area contributed by atoms with Crippen molar-refractivity contribution in [3.05, 3.63) is 320 Å². The lowest BCUT2D eigenvalue weighted by Crippen LogP contribution is -2.30. The Morgan fingerprint density at radius 3 is 1.99 bits per heavy atom. The minimum atomic E-state index is 0.166. The summed E-state index contributed by atoms with van der Waals surface area (Å²) >= 11 is 0. The van der Waals surface area contributed by atoms with Crippen LogP contribution in [0.5, 0.6) is 0 Å². The molecule has 0 saturated heterocycles. The Kier molecular flexibility index (Phi) is 12.6. The highest BCUT2D eigenvalue weighted by Crippen LogP contribution is 2.67. The van der Waals surface area contributed by atoms with Gasteiger partial charge in [-0.2, -0.15) is 0 Å². The molecule has 0 aromatic heterocycles. The molecule has 0 radical (unpaired) electrons. The van der Waals surface area contributed by atoms with E-state index in [2.05, 4.69) is 231 Å². The van der Waals surface area contributed by atoms with Crippen LogP contribution in [0.2, 0.25) is 0 Å². The van der Waals surface area contributed by atoms with Crippen molar-refractivity contribution < 1.29 is 0 Å². The predicted molar refractivity (Wildman–Crippen MR) is 352 cm³/mol. The van der Waals surface area contributed by atoms with Crippen LogP contribution in [0.4, 0.5) is 0 Å². The normalized spacial score (nSPS) is 27.5.